The van der Waals surface area contributed by atoms with Gasteiger partial charge < -0.3 is 15.2 Å². The number of rotatable bonds is 7. The van der Waals surface area contributed by atoms with Crippen molar-refractivity contribution >= 4 is 5.91 Å². The zero-order valence-corrected chi connectivity index (χ0v) is 13.9. The molecule has 0 saturated heterocycles. The highest BCUT2D eigenvalue weighted by Gasteiger charge is 2.52. The molecule has 0 bridgehead atoms. The van der Waals surface area contributed by atoms with Crippen molar-refractivity contribution in [2.45, 2.75) is 30.8 Å². The number of carbonyl (C=O) groups is 1. The summed E-state index contributed by atoms with van der Waals surface area (Å²) in [7, 11) is 1.62. The molecule has 1 amide bonds. The molecule has 4 nitrogen and oxygen atoms in total. The summed E-state index contributed by atoms with van der Waals surface area (Å²) < 4.78 is 5.40. The first-order valence-corrected chi connectivity index (χ1v) is 8.29. The van der Waals surface area contributed by atoms with E-state index in [2.05, 4.69) is 5.32 Å². The molecule has 1 aliphatic rings. The van der Waals surface area contributed by atoms with Crippen LogP contribution in [0.1, 0.15) is 24.0 Å². The van der Waals surface area contributed by atoms with Crippen LogP contribution in [0, 0.1) is 0 Å². The molecule has 4 heteroatoms. The van der Waals surface area contributed by atoms with E-state index in [9.17, 15) is 9.90 Å². The van der Waals surface area contributed by atoms with Crippen LogP contribution in [-0.2, 0) is 16.6 Å². The molecule has 0 spiro atoms. The molecule has 0 aromatic heterocycles. The fourth-order valence-electron chi connectivity index (χ4n) is 3.12. The zero-order valence-electron chi connectivity index (χ0n) is 13.9. The maximum absolute atomic E-state index is 12.7. The van der Waals surface area contributed by atoms with Gasteiger partial charge in [0.15, 0.2) is 0 Å². The fourth-order valence-corrected chi connectivity index (χ4v) is 3.12. The van der Waals surface area contributed by atoms with Gasteiger partial charge in [0.1, 0.15) is 5.75 Å². The molecule has 24 heavy (non-hydrogen) atoms. The van der Waals surface area contributed by atoms with Crippen LogP contribution < -0.4 is 10.1 Å². The summed E-state index contributed by atoms with van der Waals surface area (Å²) in [5, 5.41) is 13.1. The van der Waals surface area contributed by atoms with Crippen molar-refractivity contribution in [1.82, 2.24) is 5.32 Å². The first-order valence-electron chi connectivity index (χ1n) is 8.29. The smallest absolute Gasteiger partial charge is 0.230 e. The Bertz CT molecular complexity index is 695. The first kappa shape index (κ1) is 16.5. The Morgan fingerprint density at radius 3 is 2.50 bits per heavy atom. The standard InChI is InChI=1S/C20H23NO3/c1-24-18-10-6-5-9-17(18)20(11-12-20)19(23)21-14-16(22)13-15-7-3-2-4-8-15/h2-10,16,22H,11-14H2,1H3,(H,21,23). The van der Waals surface area contributed by atoms with Crippen LogP contribution in [-0.4, -0.2) is 30.8 Å². The van der Waals surface area contributed by atoms with Gasteiger partial charge in [0.25, 0.3) is 0 Å². The third-order valence-electron chi connectivity index (χ3n) is 4.62. The Morgan fingerprint density at radius 2 is 1.83 bits per heavy atom. The summed E-state index contributed by atoms with van der Waals surface area (Å²) in [6.07, 6.45) is 1.56. The van der Waals surface area contributed by atoms with Gasteiger partial charge in [0.05, 0.1) is 18.6 Å². The Hall–Kier alpha value is -2.33. The normalized spacial score (nSPS) is 16.2. The number of methoxy groups -OCH3 is 1. The summed E-state index contributed by atoms with van der Waals surface area (Å²) in [6.45, 7) is 0.255. The van der Waals surface area contributed by atoms with Crippen LogP contribution in [0.4, 0.5) is 0 Å². The number of benzene rings is 2. The number of aliphatic hydroxyl groups excluding tert-OH is 1. The van der Waals surface area contributed by atoms with Crippen LogP contribution in [0.15, 0.2) is 54.6 Å². The number of amides is 1. The lowest BCUT2D eigenvalue weighted by Gasteiger charge is -2.20. The molecule has 0 heterocycles. The highest BCUT2D eigenvalue weighted by Crippen LogP contribution is 2.51. The van der Waals surface area contributed by atoms with E-state index in [1.165, 1.54) is 0 Å². The van der Waals surface area contributed by atoms with Gasteiger partial charge in [0.2, 0.25) is 5.91 Å². The molecule has 1 aliphatic carbocycles. The maximum atomic E-state index is 12.7. The molecule has 2 aromatic carbocycles. The van der Waals surface area contributed by atoms with E-state index < -0.39 is 11.5 Å². The van der Waals surface area contributed by atoms with Gasteiger partial charge in [-0.05, 0) is 24.5 Å². The molecule has 126 valence electrons. The van der Waals surface area contributed by atoms with Gasteiger partial charge in [-0.25, -0.2) is 0 Å². The molecule has 1 unspecified atom stereocenters. The number of ether oxygens (including phenoxy) is 1. The molecular formula is C20H23NO3. The number of para-hydroxylation sites is 1. The van der Waals surface area contributed by atoms with E-state index in [0.717, 1.165) is 29.7 Å². The third kappa shape index (κ3) is 3.44. The monoisotopic (exact) mass is 325 g/mol. The number of hydrogen-bond donors (Lipinski definition) is 2. The molecule has 1 fully saturated rings. The van der Waals surface area contributed by atoms with E-state index in [4.69, 9.17) is 4.74 Å². The molecule has 3 rings (SSSR count). The van der Waals surface area contributed by atoms with Crippen molar-refractivity contribution in [3.8, 4) is 5.75 Å². The van der Waals surface area contributed by atoms with Crippen LogP contribution in [0.3, 0.4) is 0 Å². The van der Waals surface area contributed by atoms with Crippen molar-refractivity contribution < 1.29 is 14.6 Å². The lowest BCUT2D eigenvalue weighted by molar-refractivity contribution is -0.124. The second-order valence-corrected chi connectivity index (χ2v) is 6.34. The minimum Gasteiger partial charge on any atom is -0.496 e. The average molecular weight is 325 g/mol. The van der Waals surface area contributed by atoms with Crippen LogP contribution >= 0.6 is 0 Å². The van der Waals surface area contributed by atoms with Gasteiger partial charge in [0, 0.05) is 18.5 Å². The molecular weight excluding hydrogens is 302 g/mol. The number of aliphatic hydroxyl groups is 1. The van der Waals surface area contributed by atoms with E-state index in [-0.39, 0.29) is 12.5 Å². The molecule has 2 aromatic rings. The lowest BCUT2D eigenvalue weighted by atomic mass is 9.94. The summed E-state index contributed by atoms with van der Waals surface area (Å²) in [6, 6.07) is 17.4. The molecule has 1 saturated carbocycles. The van der Waals surface area contributed by atoms with Gasteiger partial charge in [-0.3, -0.25) is 4.79 Å². The minimum absolute atomic E-state index is 0.0286. The summed E-state index contributed by atoms with van der Waals surface area (Å²) in [4.78, 5) is 12.7. The zero-order chi connectivity index (χ0) is 17.0. The van der Waals surface area contributed by atoms with Crippen molar-refractivity contribution in [2.75, 3.05) is 13.7 Å². The summed E-state index contributed by atoms with van der Waals surface area (Å²) in [5.74, 6) is 0.717. The van der Waals surface area contributed by atoms with Crippen LogP contribution in [0.25, 0.3) is 0 Å². The van der Waals surface area contributed by atoms with E-state index >= 15 is 0 Å². The second kappa shape index (κ2) is 7.05. The lowest BCUT2D eigenvalue weighted by Crippen LogP contribution is -2.39. The Balaban J connectivity index is 1.61. The van der Waals surface area contributed by atoms with E-state index in [1.54, 1.807) is 7.11 Å². The fraction of sp³-hybridized carbons (Fsp3) is 0.350. The number of hydrogen-bond acceptors (Lipinski definition) is 3. The van der Waals surface area contributed by atoms with Gasteiger partial charge in [-0.2, -0.15) is 0 Å². The molecule has 1 atom stereocenters. The van der Waals surface area contributed by atoms with Crippen molar-refractivity contribution in [2.24, 2.45) is 0 Å². The van der Waals surface area contributed by atoms with Crippen molar-refractivity contribution in [1.29, 1.82) is 0 Å². The van der Waals surface area contributed by atoms with Gasteiger partial charge >= 0.3 is 0 Å². The number of carbonyl (C=O) groups excluding carboxylic acids is 1. The average Bonchev–Trinajstić information content (AvgIpc) is 3.42. The molecule has 2 N–H and O–H groups in total. The molecule has 0 aliphatic heterocycles. The van der Waals surface area contributed by atoms with E-state index in [1.807, 2.05) is 54.6 Å². The SMILES string of the molecule is COc1ccccc1C1(C(=O)NCC(O)Cc2ccccc2)CC1. The Kier molecular flexibility index (Phi) is 4.86. The third-order valence-corrected chi connectivity index (χ3v) is 4.62. The summed E-state index contributed by atoms with van der Waals surface area (Å²) in [5.41, 5.74) is 1.49. The van der Waals surface area contributed by atoms with Crippen molar-refractivity contribution in [3.63, 3.8) is 0 Å². The van der Waals surface area contributed by atoms with Gasteiger partial charge in [-0.15, -0.1) is 0 Å². The quantitative estimate of drug-likeness (QED) is 0.822. The largest absolute Gasteiger partial charge is 0.496 e. The Labute approximate surface area is 142 Å². The predicted molar refractivity (Wildman–Crippen MR) is 93.1 cm³/mol. The number of nitrogens with one attached hydrogen (secondary N) is 1. The minimum atomic E-state index is -0.593. The first-order chi connectivity index (χ1) is 11.7. The van der Waals surface area contributed by atoms with Crippen molar-refractivity contribution in [3.05, 3.63) is 65.7 Å². The van der Waals surface area contributed by atoms with Crippen LogP contribution in [0.2, 0.25) is 0 Å². The van der Waals surface area contributed by atoms with E-state index in [0.29, 0.717) is 6.42 Å². The topological polar surface area (TPSA) is 58.6 Å². The summed E-state index contributed by atoms with van der Waals surface area (Å²) >= 11 is 0. The predicted octanol–water partition coefficient (Wildman–Crippen LogP) is 2.45. The van der Waals surface area contributed by atoms with Crippen LogP contribution in [0.5, 0.6) is 5.75 Å². The Morgan fingerprint density at radius 1 is 1.17 bits per heavy atom. The molecule has 0 radical (unpaired) electrons. The van der Waals surface area contributed by atoms with Gasteiger partial charge in [-0.1, -0.05) is 48.5 Å². The highest BCUT2D eigenvalue weighted by molar-refractivity contribution is 5.92. The second-order valence-electron chi connectivity index (χ2n) is 6.34. The maximum Gasteiger partial charge on any atom is 0.230 e. The highest BCUT2D eigenvalue weighted by atomic mass is 16.5.